The molecule has 9 nitrogen and oxygen atoms in total. The number of hydrogen-bond donors (Lipinski definition) is 2. The lowest BCUT2D eigenvalue weighted by Gasteiger charge is -2.36. The third-order valence-corrected chi connectivity index (χ3v) is 9.10. The van der Waals surface area contributed by atoms with Crippen molar-refractivity contribution in [2.75, 3.05) is 0 Å². The smallest absolute Gasteiger partial charge is 0.271 e. The van der Waals surface area contributed by atoms with Gasteiger partial charge in [0.1, 0.15) is 10.8 Å². The van der Waals surface area contributed by atoms with E-state index < -0.39 is 6.29 Å². The predicted octanol–water partition coefficient (Wildman–Crippen LogP) is 7.47. The van der Waals surface area contributed by atoms with Gasteiger partial charge in [0, 0.05) is 18.5 Å². The molecule has 3 atom stereocenters. The lowest BCUT2D eigenvalue weighted by Crippen LogP contribution is -2.32. The van der Waals surface area contributed by atoms with Crippen LogP contribution in [-0.4, -0.2) is 36.6 Å². The summed E-state index contributed by atoms with van der Waals surface area (Å²) in [6.45, 7) is 0.778. The summed E-state index contributed by atoms with van der Waals surface area (Å²) in [4.78, 5) is 25.7. The number of aliphatic hydroxyl groups is 1. The molecule has 1 amide bonds. The minimum Gasteiger partial charge on any atom is -0.392 e. The van der Waals surface area contributed by atoms with Crippen molar-refractivity contribution in [2.24, 2.45) is 0 Å². The van der Waals surface area contributed by atoms with Gasteiger partial charge in [0.05, 0.1) is 48.9 Å². The highest BCUT2D eigenvalue weighted by Crippen LogP contribution is 2.39. The quantitative estimate of drug-likeness (QED) is 0.163. The fourth-order valence-electron chi connectivity index (χ4n) is 5.76. The van der Waals surface area contributed by atoms with Gasteiger partial charge < -0.3 is 24.5 Å². The van der Waals surface area contributed by atoms with Crippen molar-refractivity contribution in [3.8, 4) is 11.1 Å². The summed E-state index contributed by atoms with van der Waals surface area (Å²) in [5, 5.41) is 13.1. The molecule has 1 fully saturated rings. The van der Waals surface area contributed by atoms with E-state index in [-0.39, 0.29) is 35.6 Å². The number of nitrogens with zero attached hydrogens (tertiary/aromatic N) is 4. The SMILES string of the molecule is O=C(NCc1cccc(-c2ccc([C@H]3O[C@@H](Cn4cnc(Cl)c4Cl)C[C@@H](c4ccc(CO)cc4)O3)cc2)c1)c1cnc2ccccc2n1. The molecule has 242 valence electrons. The predicted molar refractivity (Wildman–Crippen MR) is 183 cm³/mol. The average molecular weight is 681 g/mol. The molecule has 7 rings (SSSR count). The number of aromatic nitrogens is 4. The van der Waals surface area contributed by atoms with Crippen molar-refractivity contribution in [2.45, 2.75) is 44.6 Å². The van der Waals surface area contributed by atoms with Crippen LogP contribution >= 0.6 is 23.2 Å². The highest BCUT2D eigenvalue weighted by molar-refractivity contribution is 6.40. The van der Waals surface area contributed by atoms with Gasteiger partial charge in [-0.2, -0.15) is 0 Å². The normalized spacial score (nSPS) is 17.8. The largest absolute Gasteiger partial charge is 0.392 e. The van der Waals surface area contributed by atoms with Gasteiger partial charge >= 0.3 is 0 Å². The van der Waals surface area contributed by atoms with E-state index in [4.69, 9.17) is 32.7 Å². The number of halogens is 2. The summed E-state index contributed by atoms with van der Waals surface area (Å²) >= 11 is 12.5. The number of fused-ring (bicyclic) bond motifs is 1. The molecule has 0 unspecified atom stereocenters. The number of para-hydroxylation sites is 2. The fraction of sp³-hybridized carbons (Fsp3) is 0.189. The van der Waals surface area contributed by atoms with E-state index in [2.05, 4.69) is 26.3 Å². The van der Waals surface area contributed by atoms with Crippen LogP contribution in [0.4, 0.5) is 0 Å². The Bertz CT molecular complexity index is 2050. The molecule has 0 aliphatic carbocycles. The van der Waals surface area contributed by atoms with Gasteiger partial charge in [-0.1, -0.05) is 102 Å². The molecule has 2 N–H and O–H groups in total. The summed E-state index contributed by atoms with van der Waals surface area (Å²) in [5.74, 6) is -0.283. The molecule has 1 aliphatic heterocycles. The summed E-state index contributed by atoms with van der Waals surface area (Å²) in [6, 6.07) is 31.3. The van der Waals surface area contributed by atoms with Gasteiger partial charge in [0.2, 0.25) is 0 Å². The number of hydrogen-bond acceptors (Lipinski definition) is 7. The second-order valence-corrected chi connectivity index (χ2v) is 12.3. The zero-order chi connectivity index (χ0) is 33.0. The molecule has 0 radical (unpaired) electrons. The monoisotopic (exact) mass is 679 g/mol. The van der Waals surface area contributed by atoms with E-state index in [1.54, 1.807) is 10.9 Å². The van der Waals surface area contributed by atoms with E-state index in [1.807, 2.05) is 91.0 Å². The Balaban J connectivity index is 1.05. The highest BCUT2D eigenvalue weighted by Gasteiger charge is 2.33. The number of imidazole rings is 1. The first-order valence-corrected chi connectivity index (χ1v) is 16.2. The molecule has 2 aromatic heterocycles. The van der Waals surface area contributed by atoms with Gasteiger partial charge in [-0.05, 0) is 46.0 Å². The second kappa shape index (κ2) is 14.2. The molecule has 6 aromatic rings. The van der Waals surface area contributed by atoms with E-state index in [1.165, 1.54) is 6.20 Å². The van der Waals surface area contributed by atoms with Crippen LogP contribution in [0.3, 0.4) is 0 Å². The van der Waals surface area contributed by atoms with Crippen LogP contribution in [0.25, 0.3) is 22.2 Å². The molecule has 0 saturated carbocycles. The summed E-state index contributed by atoms with van der Waals surface area (Å²) in [7, 11) is 0. The van der Waals surface area contributed by atoms with Crippen molar-refractivity contribution in [1.82, 2.24) is 24.8 Å². The minimum atomic E-state index is -0.627. The number of nitrogens with one attached hydrogen (secondary N) is 1. The van der Waals surface area contributed by atoms with Crippen molar-refractivity contribution in [3.05, 3.63) is 148 Å². The van der Waals surface area contributed by atoms with Crippen molar-refractivity contribution in [3.63, 3.8) is 0 Å². The minimum absolute atomic E-state index is 0.0234. The van der Waals surface area contributed by atoms with E-state index in [0.717, 1.165) is 38.9 Å². The van der Waals surface area contributed by atoms with Crippen LogP contribution in [0, 0.1) is 0 Å². The number of ether oxygens (including phenoxy) is 2. The zero-order valence-corrected chi connectivity index (χ0v) is 27.2. The van der Waals surface area contributed by atoms with Gasteiger partial charge in [0.15, 0.2) is 11.4 Å². The van der Waals surface area contributed by atoms with Gasteiger partial charge in [-0.15, -0.1) is 0 Å². The third kappa shape index (κ3) is 7.11. The average Bonchev–Trinajstić information content (AvgIpc) is 3.45. The Morgan fingerprint density at radius 1 is 0.854 bits per heavy atom. The molecule has 0 spiro atoms. The van der Waals surface area contributed by atoms with Crippen LogP contribution in [0.2, 0.25) is 10.3 Å². The van der Waals surface area contributed by atoms with Gasteiger partial charge in [0.25, 0.3) is 5.91 Å². The highest BCUT2D eigenvalue weighted by atomic mass is 35.5. The molecule has 1 aliphatic rings. The van der Waals surface area contributed by atoms with Crippen LogP contribution in [0.1, 0.15) is 51.6 Å². The first-order chi connectivity index (χ1) is 23.4. The second-order valence-electron chi connectivity index (χ2n) is 11.6. The summed E-state index contributed by atoms with van der Waals surface area (Å²) in [6.07, 6.45) is 2.59. The maximum atomic E-state index is 12.8. The fourth-order valence-corrected chi connectivity index (χ4v) is 6.07. The molecule has 11 heteroatoms. The molecule has 48 heavy (non-hydrogen) atoms. The van der Waals surface area contributed by atoms with Crippen molar-refractivity contribution < 1.29 is 19.4 Å². The Labute approximate surface area is 287 Å². The zero-order valence-electron chi connectivity index (χ0n) is 25.7. The van der Waals surface area contributed by atoms with Crippen molar-refractivity contribution in [1.29, 1.82) is 0 Å². The number of benzene rings is 4. The molecular formula is C37H31Cl2N5O4. The first kappa shape index (κ1) is 31.9. The molecule has 3 heterocycles. The van der Waals surface area contributed by atoms with Crippen LogP contribution in [0.5, 0.6) is 0 Å². The lowest BCUT2D eigenvalue weighted by molar-refractivity contribution is -0.252. The summed E-state index contributed by atoms with van der Waals surface area (Å²) < 4.78 is 14.7. The van der Waals surface area contributed by atoms with E-state index >= 15 is 0 Å². The van der Waals surface area contributed by atoms with E-state index in [9.17, 15) is 9.90 Å². The topological polar surface area (TPSA) is 111 Å². The lowest BCUT2D eigenvalue weighted by atomic mass is 9.99. The molecule has 1 saturated heterocycles. The number of carbonyl (C=O) groups is 1. The van der Waals surface area contributed by atoms with Gasteiger partial charge in [-0.25, -0.2) is 9.97 Å². The third-order valence-electron chi connectivity index (χ3n) is 8.33. The first-order valence-electron chi connectivity index (χ1n) is 15.5. The Hall–Kier alpha value is -4.64. The number of carbonyl (C=O) groups excluding carboxylic acids is 1. The summed E-state index contributed by atoms with van der Waals surface area (Å²) in [5.41, 5.74) is 7.36. The van der Waals surface area contributed by atoms with Crippen LogP contribution < -0.4 is 5.32 Å². The Morgan fingerprint density at radius 3 is 2.38 bits per heavy atom. The molecule has 0 bridgehead atoms. The molecular weight excluding hydrogens is 649 g/mol. The van der Waals surface area contributed by atoms with Crippen LogP contribution in [0.15, 0.2) is 110 Å². The standard InChI is InChI=1S/C37H31Cl2N5O4/c38-34-35(39)44(22-42-34)20-29-17-33(26-10-8-23(21-45)9-11-26)48-37(47-29)27-14-12-25(13-15-27)28-5-3-4-24(16-28)18-41-36(46)32-19-40-30-6-1-2-7-31(30)43-32/h1-16,19,22,29,33,37,45H,17-18,20-21H2,(H,41,46)/t29-,33+,37+/m1/s1. The number of rotatable bonds is 9. The Morgan fingerprint density at radius 2 is 1.62 bits per heavy atom. The Kier molecular flexibility index (Phi) is 9.47. The van der Waals surface area contributed by atoms with Gasteiger partial charge in [-0.3, -0.25) is 9.78 Å². The van der Waals surface area contributed by atoms with Crippen LogP contribution in [-0.2, 0) is 29.2 Å². The molecule has 4 aromatic carbocycles. The van der Waals surface area contributed by atoms with Crippen molar-refractivity contribution >= 4 is 40.1 Å². The van der Waals surface area contributed by atoms with E-state index in [0.29, 0.717) is 30.2 Å². The number of amides is 1. The number of aliphatic hydroxyl groups excluding tert-OH is 1. The maximum Gasteiger partial charge on any atom is 0.271 e. The maximum absolute atomic E-state index is 12.8.